The van der Waals surface area contributed by atoms with Gasteiger partial charge >= 0.3 is 5.97 Å². The van der Waals surface area contributed by atoms with E-state index < -0.39 is 23.7 Å². The molecular weight excluding hydrogens is 315 g/mol. The van der Waals surface area contributed by atoms with Crippen LogP contribution in [0.25, 0.3) is 0 Å². The molecule has 1 amide bonds. The van der Waals surface area contributed by atoms with E-state index >= 15 is 0 Å². The van der Waals surface area contributed by atoms with Crippen molar-refractivity contribution in [3.8, 4) is 0 Å². The number of aliphatic carboxylic acids is 1. The van der Waals surface area contributed by atoms with E-state index in [9.17, 15) is 14.0 Å². The predicted octanol–water partition coefficient (Wildman–Crippen LogP) is 2.87. The first kappa shape index (κ1) is 17.7. The molecule has 0 aliphatic carbocycles. The van der Waals surface area contributed by atoms with E-state index in [1.54, 1.807) is 20.8 Å². The molecule has 7 heteroatoms. The fourth-order valence-electron chi connectivity index (χ4n) is 2.66. The maximum atomic E-state index is 13.1. The van der Waals surface area contributed by atoms with Crippen LogP contribution in [0.15, 0.2) is 28.8 Å². The Labute approximate surface area is 138 Å². The summed E-state index contributed by atoms with van der Waals surface area (Å²) in [6.45, 7) is 5.16. The lowest BCUT2D eigenvalue weighted by molar-refractivity contribution is -0.137. The third-order valence-electron chi connectivity index (χ3n) is 3.88. The smallest absolute Gasteiger partial charge is 0.305 e. The summed E-state index contributed by atoms with van der Waals surface area (Å²) in [5.74, 6) is -1.84. The van der Waals surface area contributed by atoms with Crippen LogP contribution in [0.5, 0.6) is 0 Å². The van der Waals surface area contributed by atoms with Crippen LogP contribution in [0.1, 0.15) is 47.9 Å². The van der Waals surface area contributed by atoms with Crippen molar-refractivity contribution >= 4 is 11.9 Å². The van der Waals surface area contributed by atoms with Crippen molar-refractivity contribution in [2.45, 2.75) is 39.2 Å². The molecule has 6 nitrogen and oxygen atoms in total. The Morgan fingerprint density at radius 3 is 2.42 bits per heavy atom. The van der Waals surface area contributed by atoms with Gasteiger partial charge in [-0.1, -0.05) is 17.3 Å². The zero-order valence-corrected chi connectivity index (χ0v) is 13.7. The third kappa shape index (κ3) is 3.98. The van der Waals surface area contributed by atoms with Crippen molar-refractivity contribution in [1.82, 2.24) is 10.5 Å². The van der Waals surface area contributed by atoms with Gasteiger partial charge in [0.25, 0.3) is 0 Å². The topological polar surface area (TPSA) is 92.4 Å². The predicted molar refractivity (Wildman–Crippen MR) is 83.9 cm³/mol. The second-order valence-electron chi connectivity index (χ2n) is 5.67. The van der Waals surface area contributed by atoms with Gasteiger partial charge in [0.1, 0.15) is 11.6 Å². The van der Waals surface area contributed by atoms with Crippen LogP contribution >= 0.6 is 0 Å². The minimum absolute atomic E-state index is 0.300. The SMILES string of the molecule is Cc1noc(C)c1C(C)C(=O)NC(CC(=O)O)c1ccc(F)cc1. The first-order valence-corrected chi connectivity index (χ1v) is 7.50. The second kappa shape index (κ2) is 7.25. The van der Waals surface area contributed by atoms with Gasteiger partial charge in [-0.3, -0.25) is 9.59 Å². The molecule has 0 saturated heterocycles. The average molecular weight is 334 g/mol. The number of halogens is 1. The lowest BCUT2D eigenvalue weighted by atomic mass is 9.97. The number of carboxylic acid groups (broad SMARTS) is 1. The maximum absolute atomic E-state index is 13.1. The molecule has 2 rings (SSSR count). The summed E-state index contributed by atoms with van der Waals surface area (Å²) in [5.41, 5.74) is 1.82. The van der Waals surface area contributed by atoms with Crippen LogP contribution in [0.2, 0.25) is 0 Å². The number of aryl methyl sites for hydroxylation is 2. The highest BCUT2D eigenvalue weighted by atomic mass is 19.1. The molecule has 0 bridgehead atoms. The van der Waals surface area contributed by atoms with Crippen LogP contribution in [-0.2, 0) is 9.59 Å². The molecule has 24 heavy (non-hydrogen) atoms. The highest BCUT2D eigenvalue weighted by Gasteiger charge is 2.26. The molecule has 2 atom stereocenters. The van der Waals surface area contributed by atoms with Gasteiger partial charge in [0.15, 0.2) is 0 Å². The number of nitrogens with one attached hydrogen (secondary N) is 1. The van der Waals surface area contributed by atoms with E-state index in [2.05, 4.69) is 10.5 Å². The van der Waals surface area contributed by atoms with Crippen LogP contribution in [0, 0.1) is 19.7 Å². The normalized spacial score (nSPS) is 13.3. The Balaban J connectivity index is 2.21. The molecule has 0 radical (unpaired) electrons. The molecule has 1 aromatic heterocycles. The van der Waals surface area contributed by atoms with Gasteiger partial charge in [-0.2, -0.15) is 0 Å². The Hall–Kier alpha value is -2.70. The average Bonchev–Trinajstić information content (AvgIpc) is 2.85. The number of benzene rings is 1. The molecule has 2 unspecified atom stereocenters. The number of carbonyl (C=O) groups excluding carboxylic acids is 1. The van der Waals surface area contributed by atoms with Gasteiger partial charge in [0.05, 0.1) is 24.1 Å². The van der Waals surface area contributed by atoms with E-state index in [1.807, 2.05) is 0 Å². The Morgan fingerprint density at radius 1 is 1.29 bits per heavy atom. The van der Waals surface area contributed by atoms with Crippen molar-refractivity contribution in [2.75, 3.05) is 0 Å². The summed E-state index contributed by atoms with van der Waals surface area (Å²) in [6, 6.07) is 4.63. The molecular formula is C17H19FN2O4. The Morgan fingerprint density at radius 2 is 1.92 bits per heavy atom. The van der Waals surface area contributed by atoms with Gasteiger partial charge in [-0.05, 0) is 38.5 Å². The quantitative estimate of drug-likeness (QED) is 0.847. The van der Waals surface area contributed by atoms with Gasteiger partial charge in [0, 0.05) is 5.56 Å². The number of hydrogen-bond donors (Lipinski definition) is 2. The Kier molecular flexibility index (Phi) is 5.33. The number of carboxylic acids is 1. The molecule has 0 spiro atoms. The van der Waals surface area contributed by atoms with Gasteiger partial charge in [-0.15, -0.1) is 0 Å². The first-order chi connectivity index (χ1) is 11.3. The van der Waals surface area contributed by atoms with Crippen LogP contribution < -0.4 is 5.32 Å². The van der Waals surface area contributed by atoms with E-state index in [4.69, 9.17) is 9.63 Å². The summed E-state index contributed by atoms with van der Waals surface area (Å²) in [4.78, 5) is 23.6. The number of rotatable bonds is 6. The monoisotopic (exact) mass is 334 g/mol. The van der Waals surface area contributed by atoms with Crippen molar-refractivity contribution in [3.63, 3.8) is 0 Å². The summed E-state index contributed by atoms with van der Waals surface area (Å²) >= 11 is 0. The molecule has 0 aliphatic rings. The number of aromatic nitrogens is 1. The minimum Gasteiger partial charge on any atom is -0.481 e. The van der Waals surface area contributed by atoms with Crippen LogP contribution in [0.4, 0.5) is 4.39 Å². The van der Waals surface area contributed by atoms with Crippen LogP contribution in [-0.4, -0.2) is 22.1 Å². The van der Waals surface area contributed by atoms with E-state index in [-0.39, 0.29) is 12.3 Å². The highest BCUT2D eigenvalue weighted by Crippen LogP contribution is 2.25. The first-order valence-electron chi connectivity index (χ1n) is 7.50. The summed E-state index contributed by atoms with van der Waals surface area (Å²) in [6.07, 6.45) is -0.300. The standard InChI is InChI=1S/C17H19FN2O4/c1-9(16-10(2)20-24-11(16)3)17(23)19-14(8-15(21)22)12-4-6-13(18)7-5-12/h4-7,9,14H,8H2,1-3H3,(H,19,23)(H,21,22). The zero-order valence-electron chi connectivity index (χ0n) is 13.7. The number of amides is 1. The van der Waals surface area contributed by atoms with E-state index in [0.29, 0.717) is 22.6 Å². The second-order valence-corrected chi connectivity index (χ2v) is 5.67. The molecule has 2 aromatic rings. The largest absolute Gasteiger partial charge is 0.481 e. The summed E-state index contributed by atoms with van der Waals surface area (Å²) < 4.78 is 18.1. The van der Waals surface area contributed by atoms with E-state index in [0.717, 1.165) is 0 Å². The number of hydrogen-bond acceptors (Lipinski definition) is 4. The van der Waals surface area contributed by atoms with Crippen molar-refractivity contribution in [2.24, 2.45) is 0 Å². The molecule has 1 heterocycles. The fourth-order valence-corrected chi connectivity index (χ4v) is 2.66. The van der Waals surface area contributed by atoms with Crippen LogP contribution in [0.3, 0.4) is 0 Å². The lowest BCUT2D eigenvalue weighted by Crippen LogP contribution is -2.33. The molecule has 0 fully saturated rings. The maximum Gasteiger partial charge on any atom is 0.305 e. The minimum atomic E-state index is -1.06. The molecule has 128 valence electrons. The number of nitrogens with zero attached hydrogens (tertiary/aromatic N) is 1. The van der Waals surface area contributed by atoms with Crippen molar-refractivity contribution in [1.29, 1.82) is 0 Å². The van der Waals surface area contributed by atoms with Gasteiger partial charge in [0.2, 0.25) is 5.91 Å². The Bertz CT molecular complexity index is 720. The molecule has 2 N–H and O–H groups in total. The third-order valence-corrected chi connectivity index (χ3v) is 3.88. The van der Waals surface area contributed by atoms with E-state index in [1.165, 1.54) is 24.3 Å². The van der Waals surface area contributed by atoms with Gasteiger partial charge < -0.3 is 14.9 Å². The highest BCUT2D eigenvalue weighted by molar-refractivity contribution is 5.84. The fraction of sp³-hybridized carbons (Fsp3) is 0.353. The van der Waals surface area contributed by atoms with Crippen molar-refractivity contribution in [3.05, 3.63) is 52.7 Å². The van der Waals surface area contributed by atoms with Crippen molar-refractivity contribution < 1.29 is 23.6 Å². The summed E-state index contributed by atoms with van der Waals surface area (Å²) in [7, 11) is 0. The molecule has 0 saturated carbocycles. The lowest BCUT2D eigenvalue weighted by Gasteiger charge is -2.20. The van der Waals surface area contributed by atoms with Gasteiger partial charge in [-0.25, -0.2) is 4.39 Å². The summed E-state index contributed by atoms with van der Waals surface area (Å²) in [5, 5.41) is 15.6. The molecule has 0 aliphatic heterocycles. The molecule has 1 aromatic carbocycles. The zero-order chi connectivity index (χ0) is 17.9. The number of carbonyl (C=O) groups is 2.